The number of hydrogen-bond donors (Lipinski definition) is 0. The van der Waals surface area contributed by atoms with Crippen LogP contribution in [0.25, 0.3) is 0 Å². The van der Waals surface area contributed by atoms with Crippen molar-refractivity contribution in [3.63, 3.8) is 0 Å². The van der Waals surface area contributed by atoms with Crippen LogP contribution in [0.2, 0.25) is 0 Å². The molecular formula is C14H21NO5. The molecule has 0 fully saturated rings. The normalized spacial score (nSPS) is 20.8. The summed E-state index contributed by atoms with van der Waals surface area (Å²) in [5.41, 5.74) is -0.598. The summed E-state index contributed by atoms with van der Waals surface area (Å²) in [6.07, 6.45) is 5.54. The summed E-state index contributed by atoms with van der Waals surface area (Å²) in [4.78, 5) is 28.5. The Bertz CT molecular complexity index is 404. The van der Waals surface area contributed by atoms with Gasteiger partial charge in [-0.15, -0.1) is 6.58 Å². The van der Waals surface area contributed by atoms with Gasteiger partial charge in [-0.1, -0.05) is 11.2 Å². The molecule has 0 saturated heterocycles. The summed E-state index contributed by atoms with van der Waals surface area (Å²) in [6, 6.07) is 0. The van der Waals surface area contributed by atoms with Gasteiger partial charge in [0.2, 0.25) is 5.60 Å². The number of carbonyl (C=O) groups excluding carboxylic acids is 2. The predicted molar refractivity (Wildman–Crippen MR) is 73.2 cm³/mol. The van der Waals surface area contributed by atoms with Crippen LogP contribution in [0.4, 0.5) is 0 Å². The van der Waals surface area contributed by atoms with E-state index in [9.17, 15) is 9.59 Å². The number of hydrogen-bond acceptors (Lipinski definition) is 6. The molecule has 0 aromatic rings. The molecule has 6 heteroatoms. The fraction of sp³-hybridized carbons (Fsp3) is 0.643. The summed E-state index contributed by atoms with van der Waals surface area (Å²) in [5, 5.41) is 3.93. The van der Waals surface area contributed by atoms with Crippen LogP contribution in [0.1, 0.15) is 38.5 Å². The highest BCUT2D eigenvalue weighted by molar-refractivity contribution is 5.96. The van der Waals surface area contributed by atoms with Crippen LogP contribution in [0, 0.1) is 0 Å². The minimum atomic E-state index is -1.37. The summed E-state index contributed by atoms with van der Waals surface area (Å²) < 4.78 is 9.31. The number of allylic oxidation sites excluding steroid dienone is 1. The quantitative estimate of drug-likeness (QED) is 0.387. The molecule has 1 rings (SSSR count). The predicted octanol–water partition coefficient (Wildman–Crippen LogP) is 1.98. The van der Waals surface area contributed by atoms with Crippen LogP contribution in [0.5, 0.6) is 0 Å². The van der Waals surface area contributed by atoms with Crippen LogP contribution in [-0.2, 0) is 23.9 Å². The van der Waals surface area contributed by atoms with Gasteiger partial charge in [0, 0.05) is 6.42 Å². The highest BCUT2D eigenvalue weighted by Gasteiger charge is 2.49. The lowest BCUT2D eigenvalue weighted by atomic mass is 9.92. The fourth-order valence-electron chi connectivity index (χ4n) is 2.07. The standard InChI is InChI=1S/C14H21NO5/c1-4-5-6-7-8-11-9-14(20-15-11,13(17)19-3)10-12(16)18-2/h4H,1,5-10H2,2-3H3. The van der Waals surface area contributed by atoms with Gasteiger partial charge < -0.3 is 14.3 Å². The Morgan fingerprint density at radius 2 is 2.15 bits per heavy atom. The molecule has 20 heavy (non-hydrogen) atoms. The van der Waals surface area contributed by atoms with E-state index in [0.29, 0.717) is 0 Å². The van der Waals surface area contributed by atoms with Gasteiger partial charge in [0.15, 0.2) is 0 Å². The average Bonchev–Trinajstić information content (AvgIpc) is 2.87. The molecule has 0 bridgehead atoms. The van der Waals surface area contributed by atoms with Crippen molar-refractivity contribution >= 4 is 17.7 Å². The minimum Gasteiger partial charge on any atom is -0.469 e. The van der Waals surface area contributed by atoms with Gasteiger partial charge in [0.1, 0.15) is 0 Å². The highest BCUT2D eigenvalue weighted by atomic mass is 16.7. The molecule has 0 spiro atoms. The maximum absolute atomic E-state index is 11.9. The molecule has 112 valence electrons. The Labute approximate surface area is 118 Å². The van der Waals surface area contributed by atoms with Crippen molar-refractivity contribution in [2.75, 3.05) is 14.2 Å². The van der Waals surface area contributed by atoms with Crippen LogP contribution in [0.3, 0.4) is 0 Å². The number of oxime groups is 1. The molecule has 0 N–H and O–H groups in total. The minimum absolute atomic E-state index is 0.199. The second kappa shape index (κ2) is 7.67. The van der Waals surface area contributed by atoms with Gasteiger partial charge in [-0.05, 0) is 25.7 Å². The first kappa shape index (κ1) is 16.2. The number of esters is 2. The summed E-state index contributed by atoms with van der Waals surface area (Å²) >= 11 is 0. The van der Waals surface area contributed by atoms with Gasteiger partial charge >= 0.3 is 11.9 Å². The van der Waals surface area contributed by atoms with Crippen molar-refractivity contribution in [1.29, 1.82) is 0 Å². The van der Waals surface area contributed by atoms with Gasteiger partial charge in [-0.3, -0.25) is 4.79 Å². The van der Waals surface area contributed by atoms with Crippen molar-refractivity contribution in [2.24, 2.45) is 5.16 Å². The lowest BCUT2D eigenvalue weighted by Crippen LogP contribution is -2.42. The lowest BCUT2D eigenvalue weighted by Gasteiger charge is -2.22. The SMILES string of the molecule is C=CCCCCC1=NOC(CC(=O)OC)(C(=O)OC)C1. The summed E-state index contributed by atoms with van der Waals surface area (Å²) in [7, 11) is 2.52. The molecule has 1 aliphatic heterocycles. The summed E-state index contributed by atoms with van der Waals surface area (Å²) in [5.74, 6) is -1.13. The van der Waals surface area contributed by atoms with Gasteiger partial charge in [0.05, 0.1) is 26.4 Å². The number of nitrogens with zero attached hydrogens (tertiary/aromatic N) is 1. The number of methoxy groups -OCH3 is 2. The number of ether oxygens (including phenoxy) is 2. The first-order valence-electron chi connectivity index (χ1n) is 6.58. The smallest absolute Gasteiger partial charge is 0.354 e. The van der Waals surface area contributed by atoms with Crippen molar-refractivity contribution in [1.82, 2.24) is 0 Å². The van der Waals surface area contributed by atoms with Crippen LogP contribution in [-0.4, -0.2) is 37.5 Å². The van der Waals surface area contributed by atoms with Crippen molar-refractivity contribution in [2.45, 2.75) is 44.1 Å². The highest BCUT2D eigenvalue weighted by Crippen LogP contribution is 2.31. The van der Waals surface area contributed by atoms with E-state index in [1.165, 1.54) is 14.2 Å². The van der Waals surface area contributed by atoms with Crippen LogP contribution in [0.15, 0.2) is 17.8 Å². The second-order valence-electron chi connectivity index (χ2n) is 4.70. The van der Waals surface area contributed by atoms with Gasteiger partial charge in [0.25, 0.3) is 0 Å². The van der Waals surface area contributed by atoms with E-state index in [4.69, 9.17) is 9.57 Å². The molecule has 0 saturated carbocycles. The Morgan fingerprint density at radius 1 is 1.40 bits per heavy atom. The number of unbranched alkanes of at least 4 members (excludes halogenated alkanes) is 2. The third-order valence-electron chi connectivity index (χ3n) is 3.18. The topological polar surface area (TPSA) is 74.2 Å². The number of rotatable bonds is 8. The van der Waals surface area contributed by atoms with Crippen molar-refractivity contribution < 1.29 is 23.9 Å². The first-order chi connectivity index (χ1) is 9.57. The van der Waals surface area contributed by atoms with E-state index in [0.717, 1.165) is 31.4 Å². The maximum atomic E-state index is 11.9. The Balaban J connectivity index is 2.60. The third-order valence-corrected chi connectivity index (χ3v) is 3.18. The Morgan fingerprint density at radius 3 is 2.75 bits per heavy atom. The van der Waals surface area contributed by atoms with Crippen LogP contribution >= 0.6 is 0 Å². The molecule has 1 unspecified atom stereocenters. The van der Waals surface area contributed by atoms with E-state index in [1.807, 2.05) is 6.08 Å². The molecule has 0 aliphatic carbocycles. The zero-order chi connectivity index (χ0) is 15.0. The zero-order valence-electron chi connectivity index (χ0n) is 12.0. The molecule has 1 heterocycles. The lowest BCUT2D eigenvalue weighted by molar-refractivity contribution is -0.173. The summed E-state index contributed by atoms with van der Waals surface area (Å²) in [6.45, 7) is 3.66. The van der Waals surface area contributed by atoms with E-state index < -0.39 is 17.5 Å². The molecule has 0 aromatic carbocycles. The monoisotopic (exact) mass is 283 g/mol. The van der Waals surface area contributed by atoms with Crippen molar-refractivity contribution in [3.8, 4) is 0 Å². The first-order valence-corrected chi connectivity index (χ1v) is 6.58. The van der Waals surface area contributed by atoms with Gasteiger partial charge in [-0.2, -0.15) is 0 Å². The molecule has 1 atom stereocenters. The van der Waals surface area contributed by atoms with Crippen LogP contribution < -0.4 is 0 Å². The van der Waals surface area contributed by atoms with E-state index in [2.05, 4.69) is 16.5 Å². The molecular weight excluding hydrogens is 262 g/mol. The molecule has 1 aliphatic rings. The fourth-order valence-corrected chi connectivity index (χ4v) is 2.07. The zero-order valence-corrected chi connectivity index (χ0v) is 12.0. The van der Waals surface area contributed by atoms with E-state index in [1.54, 1.807) is 0 Å². The van der Waals surface area contributed by atoms with E-state index in [-0.39, 0.29) is 12.8 Å². The third kappa shape index (κ3) is 4.08. The second-order valence-corrected chi connectivity index (χ2v) is 4.70. The molecule has 0 aromatic heterocycles. The Kier molecular flexibility index (Phi) is 6.21. The van der Waals surface area contributed by atoms with Crippen molar-refractivity contribution in [3.05, 3.63) is 12.7 Å². The number of carbonyl (C=O) groups is 2. The molecule has 0 amide bonds. The largest absolute Gasteiger partial charge is 0.469 e. The van der Waals surface area contributed by atoms with Gasteiger partial charge in [-0.25, -0.2) is 4.79 Å². The molecule has 6 nitrogen and oxygen atoms in total. The molecule has 0 radical (unpaired) electrons. The van der Waals surface area contributed by atoms with E-state index >= 15 is 0 Å². The Hall–Kier alpha value is -1.85. The average molecular weight is 283 g/mol. The maximum Gasteiger partial charge on any atom is 0.354 e.